The quantitative estimate of drug-likeness (QED) is 0.618. The smallest absolute Gasteiger partial charge is 0.337 e. The van der Waals surface area contributed by atoms with Crippen molar-refractivity contribution in [1.29, 1.82) is 0 Å². The number of rotatable bonds is 6. The Balaban J connectivity index is 1.78. The lowest BCUT2D eigenvalue weighted by molar-refractivity contribution is 0.0601. The molecule has 0 amide bonds. The van der Waals surface area contributed by atoms with E-state index >= 15 is 0 Å². The third-order valence-corrected chi connectivity index (χ3v) is 3.88. The molecule has 1 heterocycles. The van der Waals surface area contributed by atoms with Crippen molar-refractivity contribution in [3.63, 3.8) is 0 Å². The van der Waals surface area contributed by atoms with Gasteiger partial charge >= 0.3 is 5.97 Å². The first kappa shape index (κ1) is 18.4. The third-order valence-electron chi connectivity index (χ3n) is 3.56. The number of hydrogen-bond donors (Lipinski definition) is 2. The van der Waals surface area contributed by atoms with Crippen molar-refractivity contribution in [2.24, 2.45) is 0 Å². The number of carbonyl (C=O) groups is 1. The van der Waals surface area contributed by atoms with Crippen molar-refractivity contribution >= 4 is 40.7 Å². The molecule has 3 rings (SSSR count). The molecule has 9 heteroatoms. The van der Waals surface area contributed by atoms with Gasteiger partial charge in [-0.1, -0.05) is 11.6 Å². The molecule has 2 N–H and O–H groups in total. The second kappa shape index (κ2) is 8.33. The lowest BCUT2D eigenvalue weighted by Crippen LogP contribution is -2.04. The highest BCUT2D eigenvalue weighted by molar-refractivity contribution is 6.33. The molecule has 0 unspecified atom stereocenters. The van der Waals surface area contributed by atoms with E-state index in [1.54, 1.807) is 25.3 Å². The standard InChI is InChI=1S/C18H16ClN5O3/c1-26-13-6-4-12(5-7-13)21-18-23-16(10-20-24-18)22-15-9-11(17(25)27-2)3-8-14(15)19/h3-10H,1-2H3,(H2,21,22,23,24). The van der Waals surface area contributed by atoms with Crippen LogP contribution in [0.3, 0.4) is 0 Å². The number of methoxy groups -OCH3 is 2. The van der Waals surface area contributed by atoms with Crippen LogP contribution in [0.5, 0.6) is 5.75 Å². The van der Waals surface area contributed by atoms with Gasteiger partial charge in [0.25, 0.3) is 0 Å². The van der Waals surface area contributed by atoms with Crippen molar-refractivity contribution < 1.29 is 14.3 Å². The van der Waals surface area contributed by atoms with Crippen LogP contribution in [0.1, 0.15) is 10.4 Å². The number of carbonyl (C=O) groups excluding carboxylic acids is 1. The molecule has 0 bridgehead atoms. The number of halogens is 1. The molecule has 1 aromatic heterocycles. The molecule has 8 nitrogen and oxygen atoms in total. The minimum atomic E-state index is -0.461. The van der Waals surface area contributed by atoms with E-state index in [0.29, 0.717) is 28.0 Å². The fraction of sp³-hybridized carbons (Fsp3) is 0.111. The Bertz CT molecular complexity index is 950. The molecule has 3 aromatic rings. The number of anilines is 4. The summed E-state index contributed by atoms with van der Waals surface area (Å²) in [7, 11) is 2.92. The number of ether oxygens (including phenoxy) is 2. The third kappa shape index (κ3) is 4.62. The molecule has 0 radical (unpaired) electrons. The Hall–Kier alpha value is -3.39. The molecule has 138 valence electrons. The average molecular weight is 386 g/mol. The number of nitrogens with one attached hydrogen (secondary N) is 2. The summed E-state index contributed by atoms with van der Waals surface area (Å²) in [6.07, 6.45) is 1.44. The summed E-state index contributed by atoms with van der Waals surface area (Å²) in [4.78, 5) is 16.0. The highest BCUT2D eigenvalue weighted by Gasteiger charge is 2.10. The predicted molar refractivity (Wildman–Crippen MR) is 102 cm³/mol. The molecule has 0 aliphatic carbocycles. The van der Waals surface area contributed by atoms with Gasteiger partial charge in [-0.3, -0.25) is 0 Å². The predicted octanol–water partition coefficient (Wildman–Crippen LogP) is 3.81. The Kier molecular flexibility index (Phi) is 5.68. The van der Waals surface area contributed by atoms with E-state index in [9.17, 15) is 4.79 Å². The lowest BCUT2D eigenvalue weighted by atomic mass is 10.2. The summed E-state index contributed by atoms with van der Waals surface area (Å²) in [5.41, 5.74) is 1.64. The summed E-state index contributed by atoms with van der Waals surface area (Å²) < 4.78 is 9.84. The van der Waals surface area contributed by atoms with Crippen LogP contribution in [0.4, 0.5) is 23.1 Å². The van der Waals surface area contributed by atoms with Crippen LogP contribution in [0, 0.1) is 0 Å². The van der Waals surface area contributed by atoms with Gasteiger partial charge in [0.15, 0.2) is 5.82 Å². The van der Waals surface area contributed by atoms with Crippen molar-refractivity contribution in [2.45, 2.75) is 0 Å². The Labute approximate surface area is 160 Å². The van der Waals surface area contributed by atoms with Gasteiger partial charge in [0.1, 0.15) is 5.75 Å². The van der Waals surface area contributed by atoms with Crippen LogP contribution in [0.25, 0.3) is 0 Å². The van der Waals surface area contributed by atoms with E-state index in [4.69, 9.17) is 21.1 Å². The van der Waals surface area contributed by atoms with Gasteiger partial charge in [-0.25, -0.2) is 4.79 Å². The van der Waals surface area contributed by atoms with E-state index in [-0.39, 0.29) is 0 Å². The molecule has 0 fully saturated rings. The zero-order valence-electron chi connectivity index (χ0n) is 14.6. The summed E-state index contributed by atoms with van der Waals surface area (Å²) in [5, 5.41) is 14.4. The first-order valence-corrected chi connectivity index (χ1v) is 8.22. The monoisotopic (exact) mass is 385 g/mol. The lowest BCUT2D eigenvalue weighted by Gasteiger charge is -2.10. The topological polar surface area (TPSA) is 98.3 Å². The maximum atomic E-state index is 11.7. The molecular weight excluding hydrogens is 370 g/mol. The molecule has 0 aliphatic rings. The SMILES string of the molecule is COC(=O)c1ccc(Cl)c(Nc2cnnc(Nc3ccc(OC)cc3)n2)c1. The number of aromatic nitrogens is 3. The van der Waals surface area contributed by atoms with Gasteiger partial charge in [-0.15, -0.1) is 5.10 Å². The minimum Gasteiger partial charge on any atom is -0.497 e. The second-order valence-electron chi connectivity index (χ2n) is 5.33. The Morgan fingerprint density at radius 3 is 2.56 bits per heavy atom. The first-order valence-electron chi connectivity index (χ1n) is 7.84. The van der Waals surface area contributed by atoms with E-state index < -0.39 is 5.97 Å². The van der Waals surface area contributed by atoms with Crippen molar-refractivity contribution in [3.05, 3.63) is 59.2 Å². The zero-order chi connectivity index (χ0) is 19.2. The van der Waals surface area contributed by atoms with Crippen molar-refractivity contribution in [2.75, 3.05) is 24.9 Å². The van der Waals surface area contributed by atoms with Crippen LogP contribution in [-0.2, 0) is 4.74 Å². The zero-order valence-corrected chi connectivity index (χ0v) is 15.3. The molecule has 0 saturated carbocycles. The molecule has 27 heavy (non-hydrogen) atoms. The molecule has 0 aliphatic heterocycles. The van der Waals surface area contributed by atoms with Crippen LogP contribution in [-0.4, -0.2) is 35.4 Å². The van der Waals surface area contributed by atoms with E-state index in [1.807, 2.05) is 24.3 Å². The molecule has 0 saturated heterocycles. The van der Waals surface area contributed by atoms with E-state index in [1.165, 1.54) is 13.3 Å². The van der Waals surface area contributed by atoms with Gasteiger partial charge in [0.2, 0.25) is 5.95 Å². The second-order valence-corrected chi connectivity index (χ2v) is 5.74. The summed E-state index contributed by atoms with van der Waals surface area (Å²) >= 11 is 6.19. The summed E-state index contributed by atoms with van der Waals surface area (Å²) in [6, 6.07) is 12.0. The highest BCUT2D eigenvalue weighted by atomic mass is 35.5. The van der Waals surface area contributed by atoms with Gasteiger partial charge in [-0.2, -0.15) is 10.1 Å². The number of hydrogen-bond acceptors (Lipinski definition) is 8. The molecule has 0 spiro atoms. The molecular formula is C18H16ClN5O3. The van der Waals surface area contributed by atoms with Crippen molar-refractivity contribution in [3.8, 4) is 5.75 Å². The van der Waals surface area contributed by atoms with E-state index in [0.717, 1.165) is 11.4 Å². The summed E-state index contributed by atoms with van der Waals surface area (Å²) in [5.74, 6) is 0.989. The molecule has 2 aromatic carbocycles. The van der Waals surface area contributed by atoms with Crippen LogP contribution in [0.15, 0.2) is 48.7 Å². The van der Waals surface area contributed by atoms with Crippen molar-refractivity contribution in [1.82, 2.24) is 15.2 Å². The fourth-order valence-corrected chi connectivity index (χ4v) is 2.39. The van der Waals surface area contributed by atoms with E-state index in [2.05, 4.69) is 25.8 Å². The Morgan fingerprint density at radius 2 is 1.85 bits per heavy atom. The number of esters is 1. The summed E-state index contributed by atoms with van der Waals surface area (Å²) in [6.45, 7) is 0. The van der Waals surface area contributed by atoms with Crippen LogP contribution < -0.4 is 15.4 Å². The Morgan fingerprint density at radius 1 is 1.07 bits per heavy atom. The number of benzene rings is 2. The number of nitrogens with zero attached hydrogens (tertiary/aromatic N) is 3. The van der Waals surface area contributed by atoms with Crippen LogP contribution in [0.2, 0.25) is 5.02 Å². The molecule has 0 atom stereocenters. The first-order chi connectivity index (χ1) is 13.1. The highest BCUT2D eigenvalue weighted by Crippen LogP contribution is 2.26. The fourth-order valence-electron chi connectivity index (χ4n) is 2.22. The minimum absolute atomic E-state index is 0.297. The maximum absolute atomic E-state index is 11.7. The average Bonchev–Trinajstić information content (AvgIpc) is 2.70. The van der Waals surface area contributed by atoms with Gasteiger partial charge in [-0.05, 0) is 42.5 Å². The normalized spacial score (nSPS) is 10.2. The van der Waals surface area contributed by atoms with Gasteiger partial charge < -0.3 is 20.1 Å². The largest absolute Gasteiger partial charge is 0.497 e. The van der Waals surface area contributed by atoms with Gasteiger partial charge in [0, 0.05) is 5.69 Å². The van der Waals surface area contributed by atoms with Gasteiger partial charge in [0.05, 0.1) is 36.7 Å². The maximum Gasteiger partial charge on any atom is 0.337 e. The van der Waals surface area contributed by atoms with Crippen LogP contribution >= 0.6 is 11.6 Å².